The Labute approximate surface area is 158 Å². The summed E-state index contributed by atoms with van der Waals surface area (Å²) in [7, 11) is 0. The van der Waals surface area contributed by atoms with Crippen LogP contribution >= 0.6 is 0 Å². The van der Waals surface area contributed by atoms with Gasteiger partial charge in [-0.15, -0.1) is 5.10 Å². The third kappa shape index (κ3) is 3.92. The first kappa shape index (κ1) is 18.3. The Morgan fingerprint density at radius 3 is 2.32 bits per heavy atom. The van der Waals surface area contributed by atoms with Gasteiger partial charge >= 0.3 is 6.18 Å². The number of aromatic nitrogens is 3. The number of hydrogen-bond acceptors (Lipinski definition) is 4. The summed E-state index contributed by atoms with van der Waals surface area (Å²) in [4.78, 5) is 6.21. The zero-order valence-electron chi connectivity index (χ0n) is 14.7. The summed E-state index contributed by atoms with van der Waals surface area (Å²) < 4.78 is 53.3. The predicted molar refractivity (Wildman–Crippen MR) is 97.5 cm³/mol. The molecule has 0 unspecified atom stereocenters. The minimum Gasteiger partial charge on any atom is -0.371 e. The zero-order valence-corrected chi connectivity index (χ0v) is 14.7. The molecule has 1 N–H and O–H groups in total. The van der Waals surface area contributed by atoms with E-state index >= 15 is 0 Å². The van der Waals surface area contributed by atoms with Gasteiger partial charge in [-0.25, -0.2) is 9.07 Å². The third-order valence-corrected chi connectivity index (χ3v) is 4.56. The average Bonchev–Trinajstić information content (AvgIpc) is 3.33. The van der Waals surface area contributed by atoms with E-state index in [9.17, 15) is 17.6 Å². The molecule has 1 aliphatic rings. The van der Waals surface area contributed by atoms with Crippen molar-refractivity contribution in [3.63, 3.8) is 0 Å². The minimum absolute atomic E-state index is 0.220. The molecule has 0 atom stereocenters. The van der Waals surface area contributed by atoms with E-state index in [2.05, 4.69) is 20.3 Å². The number of alkyl halides is 3. The van der Waals surface area contributed by atoms with E-state index in [1.54, 1.807) is 0 Å². The van der Waals surface area contributed by atoms with Gasteiger partial charge in [-0.1, -0.05) is 0 Å². The average molecular weight is 391 g/mol. The highest BCUT2D eigenvalue weighted by Crippen LogP contribution is 2.30. The van der Waals surface area contributed by atoms with E-state index < -0.39 is 11.7 Å². The highest BCUT2D eigenvalue weighted by atomic mass is 19.4. The summed E-state index contributed by atoms with van der Waals surface area (Å²) >= 11 is 0. The molecule has 0 bridgehead atoms. The predicted octanol–water partition coefficient (Wildman–Crippen LogP) is 4.77. The quantitative estimate of drug-likeness (QED) is 0.651. The molecule has 0 radical (unpaired) electrons. The number of benzene rings is 2. The first-order valence-corrected chi connectivity index (χ1v) is 8.80. The molecule has 1 fully saturated rings. The van der Waals surface area contributed by atoms with Crippen molar-refractivity contribution in [2.45, 2.75) is 19.0 Å². The molecular formula is C19H17F4N5. The molecule has 0 aliphatic carbocycles. The highest BCUT2D eigenvalue weighted by molar-refractivity contribution is 5.62. The van der Waals surface area contributed by atoms with Crippen LogP contribution in [0, 0.1) is 5.82 Å². The fraction of sp³-hybridized carbons (Fsp3) is 0.263. The van der Waals surface area contributed by atoms with Crippen LogP contribution in [0.1, 0.15) is 18.4 Å². The fourth-order valence-electron chi connectivity index (χ4n) is 3.18. The molecule has 2 heterocycles. The Morgan fingerprint density at radius 2 is 1.64 bits per heavy atom. The fourth-order valence-corrected chi connectivity index (χ4v) is 3.18. The molecule has 1 aromatic heterocycles. The molecular weight excluding hydrogens is 374 g/mol. The van der Waals surface area contributed by atoms with Gasteiger partial charge in [0.05, 0.1) is 11.3 Å². The molecule has 2 aromatic carbocycles. The van der Waals surface area contributed by atoms with E-state index in [0.29, 0.717) is 11.4 Å². The van der Waals surface area contributed by atoms with E-state index in [0.717, 1.165) is 43.8 Å². The lowest BCUT2D eigenvalue weighted by atomic mass is 10.2. The summed E-state index contributed by atoms with van der Waals surface area (Å²) in [5.74, 6) is -0.146. The zero-order chi connectivity index (χ0) is 19.7. The summed E-state index contributed by atoms with van der Waals surface area (Å²) in [5, 5.41) is 7.15. The van der Waals surface area contributed by atoms with Gasteiger partial charge < -0.3 is 10.2 Å². The van der Waals surface area contributed by atoms with Gasteiger partial charge in [0, 0.05) is 24.5 Å². The van der Waals surface area contributed by atoms with E-state index in [-0.39, 0.29) is 11.8 Å². The van der Waals surface area contributed by atoms with Gasteiger partial charge in [0.25, 0.3) is 0 Å². The molecule has 1 saturated heterocycles. The highest BCUT2D eigenvalue weighted by Gasteiger charge is 2.30. The SMILES string of the molecule is Fc1cc(Nc2ncn(-c3ccc(C(F)(F)F)cc3)n2)cc(N2CCCC2)c1. The van der Waals surface area contributed by atoms with Crippen molar-refractivity contribution < 1.29 is 17.6 Å². The van der Waals surface area contributed by atoms with Crippen LogP contribution in [-0.2, 0) is 6.18 Å². The molecule has 0 amide bonds. The maximum Gasteiger partial charge on any atom is 0.416 e. The van der Waals surface area contributed by atoms with Gasteiger partial charge in [-0.3, -0.25) is 0 Å². The Hall–Kier alpha value is -3.10. The summed E-state index contributed by atoms with van der Waals surface area (Å²) in [6.45, 7) is 1.79. The third-order valence-electron chi connectivity index (χ3n) is 4.56. The molecule has 9 heteroatoms. The second-order valence-corrected chi connectivity index (χ2v) is 6.57. The maximum atomic E-state index is 14.0. The van der Waals surface area contributed by atoms with Crippen LogP contribution in [0.4, 0.5) is 34.9 Å². The Balaban J connectivity index is 1.52. The number of nitrogens with zero attached hydrogens (tertiary/aromatic N) is 4. The lowest BCUT2D eigenvalue weighted by molar-refractivity contribution is -0.137. The van der Waals surface area contributed by atoms with Crippen LogP contribution in [0.2, 0.25) is 0 Å². The van der Waals surface area contributed by atoms with Crippen LogP contribution in [0.15, 0.2) is 48.8 Å². The largest absolute Gasteiger partial charge is 0.416 e. The Bertz CT molecular complexity index is 959. The van der Waals surface area contributed by atoms with Crippen LogP contribution < -0.4 is 10.2 Å². The molecule has 0 spiro atoms. The van der Waals surface area contributed by atoms with Gasteiger partial charge in [-0.05, 0) is 55.3 Å². The molecule has 5 nitrogen and oxygen atoms in total. The van der Waals surface area contributed by atoms with Gasteiger partial charge in [0.15, 0.2) is 0 Å². The molecule has 146 valence electrons. The van der Waals surface area contributed by atoms with E-state index in [1.165, 1.54) is 35.3 Å². The summed E-state index contributed by atoms with van der Waals surface area (Å²) in [5.41, 5.74) is 1.00. The van der Waals surface area contributed by atoms with Crippen LogP contribution in [0.3, 0.4) is 0 Å². The van der Waals surface area contributed by atoms with Crippen molar-refractivity contribution in [3.8, 4) is 5.69 Å². The van der Waals surface area contributed by atoms with Crippen molar-refractivity contribution >= 4 is 17.3 Å². The lowest BCUT2D eigenvalue weighted by Crippen LogP contribution is -2.17. The molecule has 3 aromatic rings. The molecule has 0 saturated carbocycles. The van der Waals surface area contributed by atoms with E-state index in [4.69, 9.17) is 0 Å². The van der Waals surface area contributed by atoms with Crippen LogP contribution in [-0.4, -0.2) is 27.9 Å². The van der Waals surface area contributed by atoms with E-state index in [1.807, 2.05) is 6.07 Å². The number of rotatable bonds is 4. The normalized spacial score (nSPS) is 14.5. The minimum atomic E-state index is -4.39. The maximum absolute atomic E-state index is 14.0. The second kappa shape index (κ2) is 7.14. The van der Waals surface area contributed by atoms with Gasteiger partial charge in [0.1, 0.15) is 12.1 Å². The van der Waals surface area contributed by atoms with Crippen LogP contribution in [0.5, 0.6) is 0 Å². The number of anilines is 3. The van der Waals surface area contributed by atoms with Crippen molar-refractivity contribution in [2.24, 2.45) is 0 Å². The molecule has 28 heavy (non-hydrogen) atoms. The number of nitrogens with one attached hydrogen (secondary N) is 1. The van der Waals surface area contributed by atoms with Gasteiger partial charge in [0.2, 0.25) is 5.95 Å². The first-order chi connectivity index (χ1) is 13.4. The van der Waals surface area contributed by atoms with Crippen molar-refractivity contribution in [2.75, 3.05) is 23.3 Å². The summed E-state index contributed by atoms with van der Waals surface area (Å²) in [6, 6.07) is 9.26. The van der Waals surface area contributed by atoms with Crippen molar-refractivity contribution in [1.82, 2.24) is 14.8 Å². The van der Waals surface area contributed by atoms with Crippen molar-refractivity contribution in [3.05, 3.63) is 60.2 Å². The van der Waals surface area contributed by atoms with Gasteiger partial charge in [-0.2, -0.15) is 18.2 Å². The monoisotopic (exact) mass is 391 g/mol. The first-order valence-electron chi connectivity index (χ1n) is 8.80. The number of halogens is 4. The lowest BCUT2D eigenvalue weighted by Gasteiger charge is -2.18. The number of hydrogen-bond donors (Lipinski definition) is 1. The second-order valence-electron chi connectivity index (χ2n) is 6.57. The van der Waals surface area contributed by atoms with Crippen LogP contribution in [0.25, 0.3) is 5.69 Å². The van der Waals surface area contributed by atoms with Crippen molar-refractivity contribution in [1.29, 1.82) is 0 Å². The topological polar surface area (TPSA) is 46.0 Å². The smallest absolute Gasteiger partial charge is 0.371 e. The molecule has 4 rings (SSSR count). The summed E-state index contributed by atoms with van der Waals surface area (Å²) in [6.07, 6.45) is -0.847. The molecule has 1 aliphatic heterocycles. The Kier molecular flexibility index (Phi) is 4.66. The standard InChI is InChI=1S/C19H17F4N5/c20-14-9-15(11-17(10-14)27-7-1-2-8-27)25-18-24-12-28(26-18)16-5-3-13(4-6-16)19(21,22)23/h3-6,9-12H,1-2,7-8H2,(H,25,26). The Morgan fingerprint density at radius 1 is 0.929 bits per heavy atom.